The smallest absolute Gasteiger partial charge is 0.287 e. The highest BCUT2D eigenvalue weighted by molar-refractivity contribution is 7.10. The topological polar surface area (TPSA) is 113 Å². The van der Waals surface area contributed by atoms with Crippen molar-refractivity contribution in [3.63, 3.8) is 0 Å². The third-order valence-electron chi connectivity index (χ3n) is 5.70. The fourth-order valence-corrected chi connectivity index (χ4v) is 4.91. The molecule has 1 fully saturated rings. The van der Waals surface area contributed by atoms with Crippen LogP contribution in [0.1, 0.15) is 58.6 Å². The number of thiophene rings is 1. The summed E-state index contributed by atoms with van der Waals surface area (Å²) in [5.74, 6) is -1.53. The lowest BCUT2D eigenvalue weighted by Gasteiger charge is -2.28. The number of carbonyl (C=O) groups is 3. The lowest BCUT2D eigenvalue weighted by Crippen LogP contribution is -2.45. The summed E-state index contributed by atoms with van der Waals surface area (Å²) in [5.41, 5.74) is 0.763. The van der Waals surface area contributed by atoms with Gasteiger partial charge in [-0.15, -0.1) is 11.3 Å². The van der Waals surface area contributed by atoms with Crippen molar-refractivity contribution in [3.05, 3.63) is 76.6 Å². The van der Waals surface area contributed by atoms with Crippen molar-refractivity contribution in [2.45, 2.75) is 43.7 Å². The van der Waals surface area contributed by atoms with E-state index in [1.807, 2.05) is 17.5 Å². The first-order valence-corrected chi connectivity index (χ1v) is 11.8. The van der Waals surface area contributed by atoms with Crippen LogP contribution in [0.15, 0.2) is 64.9 Å². The van der Waals surface area contributed by atoms with Gasteiger partial charge in [-0.1, -0.05) is 18.9 Å². The normalized spacial score (nSPS) is 15.5. The Hall–Kier alpha value is -3.46. The van der Waals surface area contributed by atoms with Gasteiger partial charge in [-0.3, -0.25) is 19.4 Å². The standard InChI is InChI=1S/C24H26N4O4S/c29-20(15-26-23(30)18-7-3-13-32-18)28-22(19-8-4-14-33-19)21(16-9-11-25-12-10-16)24(31)27-17-5-1-2-6-17/h3-4,7-14,17,21-22H,1-2,5-6,15H2,(H,26,30)(H,27,31)(H,28,29). The maximum absolute atomic E-state index is 13.5. The van der Waals surface area contributed by atoms with Gasteiger partial charge in [-0.2, -0.15) is 0 Å². The van der Waals surface area contributed by atoms with Crippen LogP contribution in [0.4, 0.5) is 0 Å². The van der Waals surface area contributed by atoms with Crippen molar-refractivity contribution >= 4 is 29.1 Å². The number of pyridine rings is 1. The number of hydrogen-bond acceptors (Lipinski definition) is 6. The Bertz CT molecular complexity index is 1050. The zero-order chi connectivity index (χ0) is 23.0. The number of aromatic nitrogens is 1. The van der Waals surface area contributed by atoms with Crippen LogP contribution < -0.4 is 16.0 Å². The Balaban J connectivity index is 1.53. The summed E-state index contributed by atoms with van der Waals surface area (Å²) in [6.45, 7) is -0.241. The minimum absolute atomic E-state index is 0.128. The van der Waals surface area contributed by atoms with Gasteiger partial charge in [0.15, 0.2) is 5.76 Å². The van der Waals surface area contributed by atoms with Crippen molar-refractivity contribution in [1.29, 1.82) is 0 Å². The summed E-state index contributed by atoms with van der Waals surface area (Å²) in [7, 11) is 0. The van der Waals surface area contributed by atoms with Crippen molar-refractivity contribution < 1.29 is 18.8 Å². The Labute approximate surface area is 195 Å². The molecule has 0 aliphatic heterocycles. The maximum atomic E-state index is 13.5. The van der Waals surface area contributed by atoms with Gasteiger partial charge in [-0.05, 0) is 54.1 Å². The highest BCUT2D eigenvalue weighted by Gasteiger charge is 2.34. The van der Waals surface area contributed by atoms with Crippen LogP contribution in [0.25, 0.3) is 0 Å². The number of nitrogens with one attached hydrogen (secondary N) is 3. The zero-order valence-electron chi connectivity index (χ0n) is 18.0. The highest BCUT2D eigenvalue weighted by atomic mass is 32.1. The van der Waals surface area contributed by atoms with E-state index < -0.39 is 23.8 Å². The van der Waals surface area contributed by atoms with Gasteiger partial charge < -0.3 is 20.4 Å². The van der Waals surface area contributed by atoms with E-state index in [0.717, 1.165) is 36.1 Å². The van der Waals surface area contributed by atoms with Gasteiger partial charge in [-0.25, -0.2) is 0 Å². The van der Waals surface area contributed by atoms with E-state index >= 15 is 0 Å². The van der Waals surface area contributed by atoms with Gasteiger partial charge in [0.2, 0.25) is 11.8 Å². The van der Waals surface area contributed by atoms with Gasteiger partial charge in [0.1, 0.15) is 0 Å². The monoisotopic (exact) mass is 466 g/mol. The van der Waals surface area contributed by atoms with E-state index in [2.05, 4.69) is 20.9 Å². The molecule has 0 radical (unpaired) electrons. The third-order valence-corrected chi connectivity index (χ3v) is 6.66. The molecule has 2 atom stereocenters. The summed E-state index contributed by atoms with van der Waals surface area (Å²) < 4.78 is 5.06. The molecular weight excluding hydrogens is 440 g/mol. The van der Waals surface area contributed by atoms with Gasteiger partial charge in [0, 0.05) is 23.3 Å². The van der Waals surface area contributed by atoms with Crippen molar-refractivity contribution in [1.82, 2.24) is 20.9 Å². The Kier molecular flexibility index (Phi) is 7.51. The Morgan fingerprint density at radius 3 is 2.55 bits per heavy atom. The molecule has 3 aromatic rings. The summed E-state index contributed by atoms with van der Waals surface area (Å²) in [6.07, 6.45) is 8.80. The third kappa shape index (κ3) is 5.87. The van der Waals surface area contributed by atoms with Crippen molar-refractivity contribution in [2.24, 2.45) is 0 Å². The predicted octanol–water partition coefficient (Wildman–Crippen LogP) is 3.17. The molecule has 3 aromatic heterocycles. The van der Waals surface area contributed by atoms with E-state index in [0.29, 0.717) is 0 Å². The van der Waals surface area contributed by atoms with E-state index in [4.69, 9.17) is 4.42 Å². The van der Waals surface area contributed by atoms with Crippen LogP contribution in [-0.2, 0) is 9.59 Å². The molecule has 2 unspecified atom stereocenters. The molecule has 1 aliphatic rings. The largest absolute Gasteiger partial charge is 0.459 e. The van der Waals surface area contributed by atoms with E-state index in [9.17, 15) is 14.4 Å². The van der Waals surface area contributed by atoms with Crippen LogP contribution in [0, 0.1) is 0 Å². The predicted molar refractivity (Wildman–Crippen MR) is 124 cm³/mol. The van der Waals surface area contributed by atoms with Crippen LogP contribution in [0.5, 0.6) is 0 Å². The van der Waals surface area contributed by atoms with Crippen LogP contribution in [0.3, 0.4) is 0 Å². The average molecular weight is 467 g/mol. The second-order valence-electron chi connectivity index (χ2n) is 7.97. The summed E-state index contributed by atoms with van der Waals surface area (Å²) in [4.78, 5) is 43.4. The number of furan rings is 1. The molecular formula is C24H26N4O4S. The van der Waals surface area contributed by atoms with Crippen molar-refractivity contribution in [2.75, 3.05) is 6.54 Å². The number of rotatable bonds is 9. The molecule has 172 valence electrons. The molecule has 0 bridgehead atoms. The average Bonchev–Trinajstić information content (AvgIpc) is 3.61. The second kappa shape index (κ2) is 10.9. The Morgan fingerprint density at radius 1 is 1.09 bits per heavy atom. The van der Waals surface area contributed by atoms with E-state index in [-0.39, 0.29) is 24.3 Å². The van der Waals surface area contributed by atoms with Gasteiger partial charge in [0.25, 0.3) is 5.91 Å². The molecule has 0 aromatic carbocycles. The fraction of sp³-hybridized carbons (Fsp3) is 0.333. The molecule has 8 nitrogen and oxygen atoms in total. The van der Waals surface area contributed by atoms with Gasteiger partial charge >= 0.3 is 0 Å². The second-order valence-corrected chi connectivity index (χ2v) is 8.95. The molecule has 1 saturated carbocycles. The first-order valence-electron chi connectivity index (χ1n) is 11.0. The van der Waals surface area contributed by atoms with Gasteiger partial charge in [0.05, 0.1) is 24.8 Å². The lowest BCUT2D eigenvalue weighted by atomic mass is 9.89. The minimum atomic E-state index is -0.642. The highest BCUT2D eigenvalue weighted by Crippen LogP contribution is 2.34. The van der Waals surface area contributed by atoms with Crippen LogP contribution >= 0.6 is 11.3 Å². The molecule has 1 aliphatic carbocycles. The molecule has 3 amide bonds. The number of amides is 3. The number of hydrogen-bond donors (Lipinski definition) is 3. The number of carbonyl (C=O) groups excluding carboxylic acids is 3. The first kappa shape index (κ1) is 22.7. The van der Waals surface area contributed by atoms with Crippen LogP contribution in [0.2, 0.25) is 0 Å². The summed E-state index contributed by atoms with van der Waals surface area (Å²) in [6, 6.07) is 10.0. The van der Waals surface area contributed by atoms with E-state index in [1.165, 1.54) is 23.7 Å². The Morgan fingerprint density at radius 2 is 1.88 bits per heavy atom. The molecule has 3 heterocycles. The SMILES string of the molecule is O=C(CNC(=O)c1ccco1)NC(c1cccs1)C(C(=O)NC1CCCC1)c1ccncc1. The molecule has 33 heavy (non-hydrogen) atoms. The lowest BCUT2D eigenvalue weighted by molar-refractivity contribution is -0.125. The summed E-state index contributed by atoms with van der Waals surface area (Å²) in [5, 5.41) is 10.6. The first-order chi connectivity index (χ1) is 16.1. The molecule has 0 saturated heterocycles. The van der Waals surface area contributed by atoms with Crippen LogP contribution in [-0.4, -0.2) is 35.3 Å². The minimum Gasteiger partial charge on any atom is -0.459 e. The quantitative estimate of drug-likeness (QED) is 0.448. The fourth-order valence-electron chi connectivity index (χ4n) is 4.09. The molecule has 3 N–H and O–H groups in total. The zero-order valence-corrected chi connectivity index (χ0v) is 18.8. The molecule has 0 spiro atoms. The van der Waals surface area contributed by atoms with E-state index in [1.54, 1.807) is 30.6 Å². The summed E-state index contributed by atoms with van der Waals surface area (Å²) >= 11 is 1.47. The maximum Gasteiger partial charge on any atom is 0.287 e. The number of nitrogens with zero attached hydrogens (tertiary/aromatic N) is 1. The molecule has 4 rings (SSSR count). The molecule has 9 heteroatoms. The van der Waals surface area contributed by atoms with Crippen molar-refractivity contribution in [3.8, 4) is 0 Å².